The van der Waals surface area contributed by atoms with Crippen LogP contribution in [0, 0.1) is 0 Å². The number of ether oxygens (including phenoxy) is 2. The first-order chi connectivity index (χ1) is 12.3. The molecule has 0 aliphatic carbocycles. The van der Waals surface area contributed by atoms with Gasteiger partial charge in [-0.15, -0.1) is 0 Å². The van der Waals surface area contributed by atoms with E-state index in [0.717, 1.165) is 5.56 Å². The number of esters is 1. The number of hydrogen-bond donors (Lipinski definition) is 1. The Morgan fingerprint density at radius 2 is 1.77 bits per heavy atom. The van der Waals surface area contributed by atoms with E-state index in [1.54, 1.807) is 6.92 Å². The van der Waals surface area contributed by atoms with E-state index in [1.165, 1.54) is 25.3 Å². The number of hydrogen-bond acceptors (Lipinski definition) is 4. The molecule has 1 amide bonds. The van der Waals surface area contributed by atoms with Crippen LogP contribution in [0.1, 0.15) is 42.6 Å². The van der Waals surface area contributed by atoms with Gasteiger partial charge >= 0.3 is 5.97 Å². The van der Waals surface area contributed by atoms with Crippen LogP contribution < -0.4 is 10.1 Å². The van der Waals surface area contributed by atoms with Gasteiger partial charge in [0.25, 0.3) is 5.91 Å². The van der Waals surface area contributed by atoms with Crippen molar-refractivity contribution in [2.45, 2.75) is 32.8 Å². The number of carbonyl (C=O) groups excluding carboxylic acids is 2. The number of carbonyl (C=O) groups is 2. The van der Waals surface area contributed by atoms with Crippen molar-refractivity contribution in [3.05, 3.63) is 58.6 Å². The molecule has 2 aromatic carbocycles. The summed E-state index contributed by atoms with van der Waals surface area (Å²) in [6, 6.07) is 12.1. The number of methoxy groups -OCH3 is 1. The number of halogens is 1. The van der Waals surface area contributed by atoms with Crippen molar-refractivity contribution in [3.8, 4) is 5.75 Å². The van der Waals surface area contributed by atoms with E-state index in [2.05, 4.69) is 23.9 Å². The van der Waals surface area contributed by atoms with Crippen molar-refractivity contribution in [2.75, 3.05) is 12.4 Å². The number of amides is 1. The van der Waals surface area contributed by atoms with Crippen LogP contribution in [0.5, 0.6) is 5.75 Å². The molecule has 26 heavy (non-hydrogen) atoms. The smallest absolute Gasteiger partial charge is 0.337 e. The number of nitrogens with one attached hydrogen (secondary N) is 1. The van der Waals surface area contributed by atoms with E-state index in [0.29, 0.717) is 22.0 Å². The zero-order chi connectivity index (χ0) is 19.3. The number of benzene rings is 2. The normalized spacial score (nSPS) is 11.8. The third kappa shape index (κ3) is 4.76. The van der Waals surface area contributed by atoms with Crippen molar-refractivity contribution in [2.24, 2.45) is 0 Å². The summed E-state index contributed by atoms with van der Waals surface area (Å²) in [6.45, 7) is 5.78. The Labute approximate surface area is 158 Å². The second-order valence-electron chi connectivity index (χ2n) is 6.13. The molecule has 0 spiro atoms. The predicted molar refractivity (Wildman–Crippen MR) is 102 cm³/mol. The van der Waals surface area contributed by atoms with Gasteiger partial charge in [-0.05, 0) is 42.7 Å². The van der Waals surface area contributed by atoms with E-state index in [-0.39, 0.29) is 11.8 Å². The zero-order valence-corrected chi connectivity index (χ0v) is 16.0. The van der Waals surface area contributed by atoms with Crippen LogP contribution in [-0.2, 0) is 9.53 Å². The number of anilines is 1. The first-order valence-electron chi connectivity index (χ1n) is 8.27. The van der Waals surface area contributed by atoms with Crippen LogP contribution in [0.3, 0.4) is 0 Å². The molecular formula is C20H22ClNO4. The molecule has 0 aliphatic heterocycles. The molecule has 0 fully saturated rings. The van der Waals surface area contributed by atoms with Crippen molar-refractivity contribution in [1.82, 2.24) is 0 Å². The molecule has 0 saturated carbocycles. The van der Waals surface area contributed by atoms with Crippen LogP contribution in [0.4, 0.5) is 5.69 Å². The Bertz CT molecular complexity index is 804. The maximum absolute atomic E-state index is 12.5. The molecule has 0 radical (unpaired) electrons. The first kappa shape index (κ1) is 19.8. The van der Waals surface area contributed by atoms with Crippen LogP contribution >= 0.6 is 11.6 Å². The minimum atomic E-state index is -0.743. The highest BCUT2D eigenvalue weighted by molar-refractivity contribution is 6.33. The molecular weight excluding hydrogens is 354 g/mol. The van der Waals surface area contributed by atoms with E-state index in [1.807, 2.05) is 24.3 Å². The van der Waals surface area contributed by atoms with Gasteiger partial charge in [0, 0.05) is 0 Å². The Morgan fingerprint density at radius 1 is 1.08 bits per heavy atom. The lowest BCUT2D eigenvalue weighted by molar-refractivity contribution is -0.122. The fourth-order valence-electron chi connectivity index (χ4n) is 2.41. The van der Waals surface area contributed by atoms with E-state index < -0.39 is 12.1 Å². The molecule has 0 aromatic heterocycles. The van der Waals surface area contributed by atoms with Gasteiger partial charge < -0.3 is 14.8 Å². The summed E-state index contributed by atoms with van der Waals surface area (Å²) in [4.78, 5) is 24.1. The second kappa shape index (κ2) is 8.72. The highest BCUT2D eigenvalue weighted by atomic mass is 35.5. The molecule has 0 bridgehead atoms. The third-order valence-corrected chi connectivity index (χ3v) is 4.19. The Balaban J connectivity index is 2.14. The molecule has 0 unspecified atom stereocenters. The Kier molecular flexibility index (Phi) is 6.64. The molecule has 0 heterocycles. The third-order valence-electron chi connectivity index (χ3n) is 3.86. The standard InChI is InChI=1S/C20H22ClNO4/c1-12(2)15-7-5-6-8-18(15)26-13(3)19(23)22-17-11-14(20(24)25-4)9-10-16(17)21/h5-13H,1-4H3,(H,22,23)/t13-/m1/s1. The van der Waals surface area contributed by atoms with Gasteiger partial charge in [0.2, 0.25) is 0 Å². The van der Waals surface area contributed by atoms with Crippen LogP contribution in [-0.4, -0.2) is 25.1 Å². The second-order valence-corrected chi connectivity index (χ2v) is 6.54. The molecule has 1 atom stereocenters. The van der Waals surface area contributed by atoms with E-state index in [9.17, 15) is 9.59 Å². The van der Waals surface area contributed by atoms with Gasteiger partial charge in [0.15, 0.2) is 6.10 Å². The minimum Gasteiger partial charge on any atom is -0.481 e. The fourth-order valence-corrected chi connectivity index (χ4v) is 2.57. The lowest BCUT2D eigenvalue weighted by atomic mass is 10.0. The molecule has 5 nitrogen and oxygen atoms in total. The highest BCUT2D eigenvalue weighted by Gasteiger charge is 2.19. The molecule has 2 aromatic rings. The molecule has 0 saturated heterocycles. The van der Waals surface area contributed by atoms with Gasteiger partial charge in [-0.3, -0.25) is 4.79 Å². The predicted octanol–water partition coefficient (Wildman–Crippen LogP) is 4.66. The fraction of sp³-hybridized carbons (Fsp3) is 0.300. The molecule has 1 N–H and O–H groups in total. The quantitative estimate of drug-likeness (QED) is 0.746. The molecule has 0 aliphatic rings. The summed E-state index contributed by atoms with van der Waals surface area (Å²) >= 11 is 6.11. The summed E-state index contributed by atoms with van der Waals surface area (Å²) in [7, 11) is 1.29. The maximum atomic E-state index is 12.5. The molecule has 6 heteroatoms. The summed E-state index contributed by atoms with van der Waals surface area (Å²) in [6.07, 6.45) is -0.743. The van der Waals surface area contributed by atoms with Gasteiger partial charge in [0.1, 0.15) is 5.75 Å². The summed E-state index contributed by atoms with van der Waals surface area (Å²) in [5, 5.41) is 3.01. The lowest BCUT2D eigenvalue weighted by Crippen LogP contribution is -2.30. The Hall–Kier alpha value is -2.53. The largest absolute Gasteiger partial charge is 0.481 e. The average molecular weight is 376 g/mol. The highest BCUT2D eigenvalue weighted by Crippen LogP contribution is 2.27. The van der Waals surface area contributed by atoms with Crippen LogP contribution in [0.2, 0.25) is 5.02 Å². The SMILES string of the molecule is COC(=O)c1ccc(Cl)c(NC(=O)[C@@H](C)Oc2ccccc2C(C)C)c1. The molecule has 2 rings (SSSR count). The zero-order valence-electron chi connectivity index (χ0n) is 15.2. The van der Waals surface area contributed by atoms with Crippen molar-refractivity contribution >= 4 is 29.2 Å². The topological polar surface area (TPSA) is 64.6 Å². The number of para-hydroxylation sites is 1. The maximum Gasteiger partial charge on any atom is 0.337 e. The average Bonchev–Trinajstić information content (AvgIpc) is 2.63. The van der Waals surface area contributed by atoms with Crippen LogP contribution in [0.15, 0.2) is 42.5 Å². The lowest BCUT2D eigenvalue weighted by Gasteiger charge is -2.19. The monoisotopic (exact) mass is 375 g/mol. The minimum absolute atomic E-state index is 0.271. The summed E-state index contributed by atoms with van der Waals surface area (Å²) in [5.41, 5.74) is 1.65. The molecule has 138 valence electrons. The van der Waals surface area contributed by atoms with Gasteiger partial charge in [-0.1, -0.05) is 43.6 Å². The van der Waals surface area contributed by atoms with Crippen molar-refractivity contribution < 1.29 is 19.1 Å². The van der Waals surface area contributed by atoms with Crippen molar-refractivity contribution in [3.63, 3.8) is 0 Å². The summed E-state index contributed by atoms with van der Waals surface area (Å²) < 4.78 is 10.5. The number of rotatable bonds is 6. The van der Waals surface area contributed by atoms with E-state index in [4.69, 9.17) is 16.3 Å². The Morgan fingerprint density at radius 3 is 2.42 bits per heavy atom. The van der Waals surface area contributed by atoms with Gasteiger partial charge in [-0.25, -0.2) is 4.79 Å². The summed E-state index contributed by atoms with van der Waals surface area (Å²) in [5.74, 6) is 0.0620. The van der Waals surface area contributed by atoms with E-state index >= 15 is 0 Å². The first-order valence-corrected chi connectivity index (χ1v) is 8.65. The van der Waals surface area contributed by atoms with Crippen LogP contribution in [0.25, 0.3) is 0 Å². The van der Waals surface area contributed by atoms with Crippen molar-refractivity contribution in [1.29, 1.82) is 0 Å². The van der Waals surface area contributed by atoms with Gasteiger partial charge in [-0.2, -0.15) is 0 Å². The van der Waals surface area contributed by atoms with Gasteiger partial charge in [0.05, 0.1) is 23.4 Å².